The third-order valence-corrected chi connectivity index (χ3v) is 5.90. The molecular formula is C21H25BrN6. The van der Waals surface area contributed by atoms with Crippen molar-refractivity contribution in [2.45, 2.75) is 31.6 Å². The molecule has 0 bridgehead atoms. The predicted octanol–water partition coefficient (Wildman–Crippen LogP) is 3.32. The van der Waals surface area contributed by atoms with Crippen LogP contribution < -0.4 is 10.6 Å². The van der Waals surface area contributed by atoms with Crippen LogP contribution in [0.1, 0.15) is 31.2 Å². The molecule has 2 aromatic heterocycles. The zero-order valence-electron chi connectivity index (χ0n) is 16.0. The largest absolute Gasteiger partial charge is 0.357 e. The average molecular weight is 441 g/mol. The summed E-state index contributed by atoms with van der Waals surface area (Å²) in [5, 5.41) is 15.3. The van der Waals surface area contributed by atoms with Gasteiger partial charge in [-0.15, -0.1) is 10.2 Å². The molecule has 3 aromatic rings. The van der Waals surface area contributed by atoms with Crippen molar-refractivity contribution in [3.8, 4) is 0 Å². The van der Waals surface area contributed by atoms with E-state index in [1.807, 2.05) is 28.8 Å². The molecule has 1 saturated carbocycles. The summed E-state index contributed by atoms with van der Waals surface area (Å²) in [6.45, 7) is 4.47. The number of nitrogens with zero attached hydrogens (tertiary/aromatic N) is 4. The van der Waals surface area contributed by atoms with Crippen LogP contribution in [0.25, 0.3) is 5.65 Å². The highest BCUT2D eigenvalue weighted by Gasteiger charge is 2.45. The summed E-state index contributed by atoms with van der Waals surface area (Å²) in [6, 6.07) is 14.4. The minimum Gasteiger partial charge on any atom is -0.357 e. The zero-order valence-corrected chi connectivity index (χ0v) is 17.6. The molecule has 1 aliphatic rings. The molecule has 0 spiro atoms. The first-order chi connectivity index (χ1) is 13.7. The first-order valence-corrected chi connectivity index (χ1v) is 10.6. The molecule has 0 saturated heterocycles. The molecule has 1 aliphatic carbocycles. The van der Waals surface area contributed by atoms with E-state index in [0.29, 0.717) is 0 Å². The second-order valence-corrected chi connectivity index (χ2v) is 8.03. The van der Waals surface area contributed by atoms with Crippen LogP contribution >= 0.6 is 15.9 Å². The topological polar surface area (TPSA) is 66.6 Å². The normalized spacial score (nSPS) is 15.6. The molecule has 1 aromatic carbocycles. The van der Waals surface area contributed by atoms with Crippen molar-refractivity contribution in [1.82, 2.24) is 25.2 Å². The monoisotopic (exact) mass is 440 g/mol. The van der Waals surface area contributed by atoms with E-state index < -0.39 is 0 Å². The molecule has 4 rings (SSSR count). The Balaban J connectivity index is 1.39. The van der Waals surface area contributed by atoms with Crippen LogP contribution in [0.5, 0.6) is 0 Å². The lowest BCUT2D eigenvalue weighted by Gasteiger charge is -2.17. The van der Waals surface area contributed by atoms with Crippen molar-refractivity contribution < 1.29 is 0 Å². The second kappa shape index (κ2) is 8.31. The standard InChI is InChI=1S/C21H25BrN6/c1-2-23-20(24-13-10-19-27-26-18-9-5-6-14-28(18)19)25-15-21(11-12-21)16-7-3-4-8-17(16)22/h3-9,14H,2,10-13,15H2,1H3,(H2,23,24,25). The summed E-state index contributed by atoms with van der Waals surface area (Å²) in [4.78, 5) is 4.88. The molecule has 0 amide bonds. The molecular weight excluding hydrogens is 416 g/mol. The molecule has 0 aliphatic heterocycles. The second-order valence-electron chi connectivity index (χ2n) is 7.18. The van der Waals surface area contributed by atoms with E-state index in [1.54, 1.807) is 0 Å². The number of nitrogens with one attached hydrogen (secondary N) is 2. The Morgan fingerprint density at radius 2 is 1.96 bits per heavy atom. The number of aromatic nitrogens is 3. The molecule has 7 heteroatoms. The number of hydrogen-bond donors (Lipinski definition) is 2. The number of aliphatic imine (C=N–C) groups is 1. The van der Waals surface area contributed by atoms with Crippen molar-refractivity contribution in [3.05, 3.63) is 64.5 Å². The van der Waals surface area contributed by atoms with Crippen LogP contribution in [-0.4, -0.2) is 40.2 Å². The van der Waals surface area contributed by atoms with Gasteiger partial charge < -0.3 is 10.6 Å². The van der Waals surface area contributed by atoms with E-state index >= 15 is 0 Å². The molecule has 6 nitrogen and oxygen atoms in total. The van der Waals surface area contributed by atoms with Crippen LogP contribution in [0.3, 0.4) is 0 Å². The average Bonchev–Trinajstić information content (AvgIpc) is 3.39. The van der Waals surface area contributed by atoms with Gasteiger partial charge in [-0.2, -0.15) is 0 Å². The molecule has 2 heterocycles. The maximum absolute atomic E-state index is 4.88. The number of guanidine groups is 1. The van der Waals surface area contributed by atoms with Gasteiger partial charge in [0.15, 0.2) is 11.6 Å². The maximum atomic E-state index is 4.88. The van der Waals surface area contributed by atoms with Crippen LogP contribution in [-0.2, 0) is 11.8 Å². The quantitative estimate of drug-likeness (QED) is 0.436. The Labute approximate surface area is 173 Å². The van der Waals surface area contributed by atoms with Gasteiger partial charge in [0.05, 0.1) is 6.54 Å². The number of pyridine rings is 1. The van der Waals surface area contributed by atoms with Crippen LogP contribution in [0.2, 0.25) is 0 Å². The van der Waals surface area contributed by atoms with Crippen molar-refractivity contribution in [1.29, 1.82) is 0 Å². The number of benzene rings is 1. The Morgan fingerprint density at radius 3 is 2.75 bits per heavy atom. The summed E-state index contributed by atoms with van der Waals surface area (Å²) >= 11 is 3.70. The van der Waals surface area contributed by atoms with Gasteiger partial charge in [0.1, 0.15) is 5.82 Å². The van der Waals surface area contributed by atoms with Gasteiger partial charge >= 0.3 is 0 Å². The first kappa shape index (κ1) is 18.9. The molecule has 28 heavy (non-hydrogen) atoms. The summed E-state index contributed by atoms with van der Waals surface area (Å²) in [6.07, 6.45) is 5.15. The van der Waals surface area contributed by atoms with Gasteiger partial charge in [0.2, 0.25) is 0 Å². The fourth-order valence-electron chi connectivity index (χ4n) is 3.48. The Hall–Kier alpha value is -2.41. The van der Waals surface area contributed by atoms with Gasteiger partial charge in [0.25, 0.3) is 0 Å². The Morgan fingerprint density at radius 1 is 1.14 bits per heavy atom. The number of rotatable bonds is 7. The molecule has 1 fully saturated rings. The Bertz CT molecular complexity index is 976. The third kappa shape index (κ3) is 4.04. The van der Waals surface area contributed by atoms with E-state index in [2.05, 4.69) is 68.0 Å². The fourth-order valence-corrected chi connectivity index (χ4v) is 4.19. The van der Waals surface area contributed by atoms with Crippen LogP contribution in [0, 0.1) is 0 Å². The fraction of sp³-hybridized carbons (Fsp3) is 0.381. The minimum absolute atomic E-state index is 0.172. The number of halogens is 1. The third-order valence-electron chi connectivity index (χ3n) is 5.21. The number of fused-ring (bicyclic) bond motifs is 1. The lowest BCUT2D eigenvalue weighted by molar-refractivity contribution is 0.687. The first-order valence-electron chi connectivity index (χ1n) is 9.78. The Kier molecular flexibility index (Phi) is 5.62. The van der Waals surface area contributed by atoms with Crippen LogP contribution in [0.15, 0.2) is 58.1 Å². The van der Waals surface area contributed by atoms with Crippen LogP contribution in [0.4, 0.5) is 0 Å². The molecule has 0 unspecified atom stereocenters. The number of hydrogen-bond acceptors (Lipinski definition) is 3. The zero-order chi connectivity index (χ0) is 19.4. The van der Waals surface area contributed by atoms with E-state index in [-0.39, 0.29) is 5.41 Å². The van der Waals surface area contributed by atoms with Crippen molar-refractivity contribution >= 4 is 27.5 Å². The van der Waals surface area contributed by atoms with E-state index in [9.17, 15) is 0 Å². The molecule has 146 valence electrons. The highest BCUT2D eigenvalue weighted by molar-refractivity contribution is 9.10. The summed E-state index contributed by atoms with van der Waals surface area (Å²) in [5.74, 6) is 1.81. The van der Waals surface area contributed by atoms with Crippen molar-refractivity contribution in [2.24, 2.45) is 4.99 Å². The molecule has 0 radical (unpaired) electrons. The van der Waals surface area contributed by atoms with Gasteiger partial charge in [-0.25, -0.2) is 0 Å². The van der Waals surface area contributed by atoms with Gasteiger partial charge in [-0.3, -0.25) is 9.39 Å². The lowest BCUT2D eigenvalue weighted by Crippen LogP contribution is -2.39. The predicted molar refractivity (Wildman–Crippen MR) is 116 cm³/mol. The summed E-state index contributed by atoms with van der Waals surface area (Å²) in [7, 11) is 0. The van der Waals surface area contributed by atoms with Gasteiger partial charge in [-0.05, 0) is 43.5 Å². The van der Waals surface area contributed by atoms with E-state index in [0.717, 1.165) is 43.5 Å². The van der Waals surface area contributed by atoms with Gasteiger partial charge in [0, 0.05) is 35.6 Å². The van der Waals surface area contributed by atoms with Crippen molar-refractivity contribution in [2.75, 3.05) is 19.6 Å². The molecule has 2 N–H and O–H groups in total. The lowest BCUT2D eigenvalue weighted by atomic mass is 9.96. The van der Waals surface area contributed by atoms with E-state index in [1.165, 1.54) is 22.9 Å². The minimum atomic E-state index is 0.172. The maximum Gasteiger partial charge on any atom is 0.191 e. The highest BCUT2D eigenvalue weighted by Crippen LogP contribution is 2.50. The van der Waals surface area contributed by atoms with Gasteiger partial charge in [-0.1, -0.05) is 40.2 Å². The summed E-state index contributed by atoms with van der Waals surface area (Å²) < 4.78 is 3.21. The molecule has 0 atom stereocenters. The van der Waals surface area contributed by atoms with E-state index in [4.69, 9.17) is 4.99 Å². The smallest absolute Gasteiger partial charge is 0.191 e. The highest BCUT2D eigenvalue weighted by atomic mass is 79.9. The summed E-state index contributed by atoms with van der Waals surface area (Å²) in [5.41, 5.74) is 2.41. The SMILES string of the molecule is CCNC(=NCC1(c2ccccc2Br)CC1)NCCc1nnc2ccccn12. The van der Waals surface area contributed by atoms with Crippen molar-refractivity contribution in [3.63, 3.8) is 0 Å².